The Morgan fingerprint density at radius 2 is 2.20 bits per heavy atom. The van der Waals surface area contributed by atoms with Crippen LogP contribution in [0.5, 0.6) is 17.2 Å². The predicted molar refractivity (Wildman–Crippen MR) is 72.2 cm³/mol. The third-order valence-corrected chi connectivity index (χ3v) is 2.94. The molecule has 0 fully saturated rings. The topological polar surface area (TPSA) is 66.0 Å². The van der Waals surface area contributed by atoms with E-state index in [1.54, 1.807) is 26.1 Å². The number of rotatable bonds is 7. The Labute approximate surface area is 118 Å². The Morgan fingerprint density at radius 3 is 2.95 bits per heavy atom. The molecule has 1 aromatic carbocycles. The molecule has 1 aliphatic heterocycles. The number of hydrogen-bond donors (Lipinski definition) is 1. The molecule has 6 heteroatoms. The number of benzene rings is 1. The summed E-state index contributed by atoms with van der Waals surface area (Å²) in [6.45, 7) is 2.81. The van der Waals surface area contributed by atoms with Crippen LogP contribution in [0, 0.1) is 0 Å². The van der Waals surface area contributed by atoms with Gasteiger partial charge in [-0.15, -0.1) is 0 Å². The molecule has 0 aromatic heterocycles. The van der Waals surface area contributed by atoms with Crippen molar-refractivity contribution >= 4 is 5.97 Å². The largest absolute Gasteiger partial charge is 0.493 e. The molecule has 1 unspecified atom stereocenters. The van der Waals surface area contributed by atoms with Gasteiger partial charge in [0.15, 0.2) is 11.5 Å². The Hall–Kier alpha value is -1.95. The van der Waals surface area contributed by atoms with E-state index in [0.717, 1.165) is 5.75 Å². The molecule has 0 spiro atoms. The first-order chi connectivity index (χ1) is 9.74. The smallest absolute Gasteiger partial charge is 0.323 e. The van der Waals surface area contributed by atoms with Gasteiger partial charge in [-0.1, -0.05) is 0 Å². The number of carbonyl (C=O) groups is 1. The van der Waals surface area contributed by atoms with Gasteiger partial charge in [0.1, 0.15) is 11.8 Å². The lowest BCUT2D eigenvalue weighted by atomic mass is 10.2. The second-order valence-corrected chi connectivity index (χ2v) is 4.25. The average Bonchev–Trinajstić information content (AvgIpc) is 2.91. The van der Waals surface area contributed by atoms with Crippen molar-refractivity contribution in [1.29, 1.82) is 0 Å². The van der Waals surface area contributed by atoms with Crippen LogP contribution in [0.3, 0.4) is 0 Å². The zero-order valence-electron chi connectivity index (χ0n) is 11.7. The fourth-order valence-corrected chi connectivity index (χ4v) is 1.88. The Bertz CT molecular complexity index is 463. The van der Waals surface area contributed by atoms with Gasteiger partial charge in [-0.3, -0.25) is 4.79 Å². The number of fused-ring (bicyclic) bond motifs is 1. The van der Waals surface area contributed by atoms with Crippen LogP contribution in [0.4, 0.5) is 0 Å². The molecule has 0 saturated heterocycles. The summed E-state index contributed by atoms with van der Waals surface area (Å²) in [6, 6.07) is 5.04. The van der Waals surface area contributed by atoms with E-state index in [0.29, 0.717) is 31.1 Å². The molecule has 2 rings (SSSR count). The molecular weight excluding hydrogens is 262 g/mol. The summed E-state index contributed by atoms with van der Waals surface area (Å²) < 4.78 is 21.1. The summed E-state index contributed by atoms with van der Waals surface area (Å²) in [7, 11) is 1.72. The molecule has 1 heterocycles. The van der Waals surface area contributed by atoms with Crippen molar-refractivity contribution in [1.82, 2.24) is 5.32 Å². The highest BCUT2D eigenvalue weighted by Gasteiger charge is 2.18. The van der Waals surface area contributed by atoms with E-state index >= 15 is 0 Å². The maximum absolute atomic E-state index is 11.6. The molecule has 110 valence electrons. The van der Waals surface area contributed by atoms with E-state index < -0.39 is 0 Å². The zero-order chi connectivity index (χ0) is 14.4. The Balaban J connectivity index is 1.81. The summed E-state index contributed by atoms with van der Waals surface area (Å²) in [5.74, 6) is 1.83. The molecule has 1 aliphatic rings. The Morgan fingerprint density at radius 1 is 1.40 bits per heavy atom. The summed E-state index contributed by atoms with van der Waals surface area (Å²) >= 11 is 0. The minimum atomic E-state index is -0.357. The molecule has 0 bridgehead atoms. The average molecular weight is 281 g/mol. The van der Waals surface area contributed by atoms with Crippen molar-refractivity contribution in [2.75, 3.05) is 27.1 Å². The SMILES string of the molecule is CCOC(=O)C(CCOc1ccc2c(c1)OCO2)NC. The van der Waals surface area contributed by atoms with E-state index in [4.69, 9.17) is 18.9 Å². The minimum absolute atomic E-state index is 0.240. The molecular formula is C14H19NO5. The summed E-state index contributed by atoms with van der Waals surface area (Å²) in [5, 5.41) is 2.92. The van der Waals surface area contributed by atoms with Crippen molar-refractivity contribution in [2.45, 2.75) is 19.4 Å². The summed E-state index contributed by atoms with van der Waals surface area (Å²) in [4.78, 5) is 11.6. The van der Waals surface area contributed by atoms with Crippen molar-refractivity contribution in [3.05, 3.63) is 18.2 Å². The molecule has 1 atom stereocenters. The highest BCUT2D eigenvalue weighted by molar-refractivity contribution is 5.75. The molecule has 0 amide bonds. The first-order valence-corrected chi connectivity index (χ1v) is 6.61. The van der Waals surface area contributed by atoms with E-state index in [1.807, 2.05) is 6.07 Å². The van der Waals surface area contributed by atoms with E-state index in [1.165, 1.54) is 0 Å². The predicted octanol–water partition coefficient (Wildman–Crippen LogP) is 1.34. The number of esters is 1. The quantitative estimate of drug-likeness (QED) is 0.761. The van der Waals surface area contributed by atoms with Crippen LogP contribution in [0.25, 0.3) is 0 Å². The number of hydrogen-bond acceptors (Lipinski definition) is 6. The normalized spacial score (nSPS) is 13.9. The molecule has 0 saturated carbocycles. The maximum Gasteiger partial charge on any atom is 0.323 e. The maximum atomic E-state index is 11.6. The van der Waals surface area contributed by atoms with Crippen LogP contribution in [0.1, 0.15) is 13.3 Å². The van der Waals surface area contributed by atoms with Gasteiger partial charge in [-0.05, 0) is 26.1 Å². The zero-order valence-corrected chi connectivity index (χ0v) is 11.7. The van der Waals surface area contributed by atoms with Crippen LogP contribution >= 0.6 is 0 Å². The number of likely N-dealkylation sites (N-methyl/N-ethyl adjacent to an activating group) is 1. The van der Waals surface area contributed by atoms with Crippen molar-refractivity contribution in [3.8, 4) is 17.2 Å². The summed E-state index contributed by atoms with van der Waals surface area (Å²) in [6.07, 6.45) is 0.532. The second kappa shape index (κ2) is 7.00. The van der Waals surface area contributed by atoms with Crippen molar-refractivity contribution < 1.29 is 23.7 Å². The molecule has 6 nitrogen and oxygen atoms in total. The Kier molecular flexibility index (Phi) is 5.06. The van der Waals surface area contributed by atoms with Gasteiger partial charge in [-0.25, -0.2) is 0 Å². The second-order valence-electron chi connectivity index (χ2n) is 4.25. The molecule has 1 N–H and O–H groups in total. The van der Waals surface area contributed by atoms with Crippen LogP contribution in [0.15, 0.2) is 18.2 Å². The van der Waals surface area contributed by atoms with E-state index in [-0.39, 0.29) is 18.8 Å². The highest BCUT2D eigenvalue weighted by atomic mass is 16.7. The molecule has 1 aromatic rings. The first kappa shape index (κ1) is 14.5. The van der Waals surface area contributed by atoms with Gasteiger partial charge in [0.05, 0.1) is 13.2 Å². The van der Waals surface area contributed by atoms with Gasteiger partial charge in [0, 0.05) is 12.5 Å². The lowest BCUT2D eigenvalue weighted by molar-refractivity contribution is -0.145. The van der Waals surface area contributed by atoms with Crippen LogP contribution < -0.4 is 19.5 Å². The highest BCUT2D eigenvalue weighted by Crippen LogP contribution is 2.35. The standard InChI is InChI=1S/C14H19NO5/c1-3-17-14(16)11(15-2)6-7-18-10-4-5-12-13(8-10)20-9-19-12/h4-5,8,11,15H,3,6-7,9H2,1-2H3. The van der Waals surface area contributed by atoms with Gasteiger partial charge >= 0.3 is 5.97 Å². The number of ether oxygens (including phenoxy) is 4. The lowest BCUT2D eigenvalue weighted by Crippen LogP contribution is -2.36. The summed E-state index contributed by atoms with van der Waals surface area (Å²) in [5.41, 5.74) is 0. The monoisotopic (exact) mass is 281 g/mol. The van der Waals surface area contributed by atoms with Crippen LogP contribution in [-0.2, 0) is 9.53 Å². The van der Waals surface area contributed by atoms with Crippen LogP contribution in [0.2, 0.25) is 0 Å². The molecule has 20 heavy (non-hydrogen) atoms. The van der Waals surface area contributed by atoms with E-state index in [9.17, 15) is 4.79 Å². The van der Waals surface area contributed by atoms with Crippen molar-refractivity contribution in [3.63, 3.8) is 0 Å². The van der Waals surface area contributed by atoms with Gasteiger partial charge in [-0.2, -0.15) is 0 Å². The van der Waals surface area contributed by atoms with Gasteiger partial charge in [0.2, 0.25) is 6.79 Å². The van der Waals surface area contributed by atoms with Crippen molar-refractivity contribution in [2.24, 2.45) is 0 Å². The third kappa shape index (κ3) is 3.54. The fourth-order valence-electron chi connectivity index (χ4n) is 1.88. The molecule has 0 radical (unpaired) electrons. The van der Waals surface area contributed by atoms with Gasteiger partial charge in [0.25, 0.3) is 0 Å². The number of carbonyl (C=O) groups excluding carboxylic acids is 1. The first-order valence-electron chi connectivity index (χ1n) is 6.61. The third-order valence-electron chi connectivity index (χ3n) is 2.94. The van der Waals surface area contributed by atoms with Gasteiger partial charge < -0.3 is 24.3 Å². The minimum Gasteiger partial charge on any atom is -0.493 e. The lowest BCUT2D eigenvalue weighted by Gasteiger charge is -2.15. The van der Waals surface area contributed by atoms with E-state index in [2.05, 4.69) is 5.32 Å². The number of nitrogens with one attached hydrogen (secondary N) is 1. The molecule has 0 aliphatic carbocycles. The fraction of sp³-hybridized carbons (Fsp3) is 0.500. The van der Waals surface area contributed by atoms with Crippen LogP contribution in [-0.4, -0.2) is 39.1 Å².